The standard InChI is InChI=1S/C13H16N6O3S/c20-13(9-18-10-14-16-17-18)15-11-3-5-12(6-4-11)23(21,22)19-7-1-2-8-19/h3-6,10H,1-2,7-9H2,(H,15,20). The van der Waals surface area contributed by atoms with Gasteiger partial charge < -0.3 is 5.32 Å². The molecule has 1 saturated heterocycles. The van der Waals surface area contributed by atoms with Gasteiger partial charge in [-0.25, -0.2) is 13.1 Å². The van der Waals surface area contributed by atoms with Crippen LogP contribution in [0, 0.1) is 0 Å². The lowest BCUT2D eigenvalue weighted by Crippen LogP contribution is -2.27. The highest BCUT2D eigenvalue weighted by atomic mass is 32.2. The Hall–Kier alpha value is -2.33. The molecule has 23 heavy (non-hydrogen) atoms. The van der Waals surface area contributed by atoms with Gasteiger partial charge in [-0.05, 0) is 47.5 Å². The largest absolute Gasteiger partial charge is 0.324 e. The van der Waals surface area contributed by atoms with E-state index in [1.807, 2.05) is 0 Å². The minimum atomic E-state index is -3.43. The van der Waals surface area contributed by atoms with Gasteiger partial charge in [0.1, 0.15) is 12.9 Å². The molecule has 0 aliphatic carbocycles. The molecule has 1 aromatic carbocycles. The van der Waals surface area contributed by atoms with Crippen LogP contribution in [0.3, 0.4) is 0 Å². The molecule has 1 aliphatic rings. The van der Waals surface area contributed by atoms with Crippen molar-refractivity contribution in [1.29, 1.82) is 0 Å². The molecular weight excluding hydrogens is 320 g/mol. The Balaban J connectivity index is 1.66. The SMILES string of the molecule is O=C(Cn1cnnn1)Nc1ccc(S(=O)(=O)N2CCCC2)cc1. The smallest absolute Gasteiger partial charge is 0.246 e. The Morgan fingerprint density at radius 2 is 1.87 bits per heavy atom. The Morgan fingerprint density at radius 3 is 2.48 bits per heavy atom. The summed E-state index contributed by atoms with van der Waals surface area (Å²) >= 11 is 0. The van der Waals surface area contributed by atoms with E-state index in [4.69, 9.17) is 0 Å². The molecule has 0 saturated carbocycles. The zero-order valence-electron chi connectivity index (χ0n) is 12.3. The maximum absolute atomic E-state index is 12.4. The fourth-order valence-electron chi connectivity index (χ4n) is 2.39. The molecule has 10 heteroatoms. The van der Waals surface area contributed by atoms with E-state index in [0.717, 1.165) is 12.8 Å². The van der Waals surface area contributed by atoms with Crippen molar-refractivity contribution >= 4 is 21.6 Å². The minimum absolute atomic E-state index is 0.0131. The van der Waals surface area contributed by atoms with Crippen molar-refractivity contribution in [2.24, 2.45) is 0 Å². The summed E-state index contributed by atoms with van der Waals surface area (Å²) in [5.74, 6) is -0.299. The summed E-state index contributed by atoms with van der Waals surface area (Å²) < 4.78 is 27.6. The molecule has 1 fully saturated rings. The van der Waals surface area contributed by atoms with Crippen molar-refractivity contribution in [2.75, 3.05) is 18.4 Å². The van der Waals surface area contributed by atoms with Crippen LogP contribution in [-0.4, -0.2) is 51.9 Å². The van der Waals surface area contributed by atoms with Gasteiger partial charge in [-0.1, -0.05) is 0 Å². The number of carbonyl (C=O) groups is 1. The fraction of sp³-hybridized carbons (Fsp3) is 0.385. The van der Waals surface area contributed by atoms with Crippen LogP contribution in [0.2, 0.25) is 0 Å². The van der Waals surface area contributed by atoms with Crippen molar-refractivity contribution in [3.05, 3.63) is 30.6 Å². The summed E-state index contributed by atoms with van der Waals surface area (Å²) in [4.78, 5) is 12.1. The van der Waals surface area contributed by atoms with Gasteiger partial charge in [0.05, 0.1) is 4.90 Å². The van der Waals surface area contributed by atoms with E-state index in [2.05, 4.69) is 20.8 Å². The number of anilines is 1. The molecule has 1 N–H and O–H groups in total. The first-order chi connectivity index (χ1) is 11.1. The van der Waals surface area contributed by atoms with Gasteiger partial charge in [0.25, 0.3) is 0 Å². The molecule has 2 heterocycles. The molecule has 1 aliphatic heterocycles. The predicted octanol–water partition coefficient (Wildman–Crippen LogP) is 0.0963. The third-order valence-corrected chi connectivity index (χ3v) is 5.45. The minimum Gasteiger partial charge on any atom is -0.324 e. The van der Waals surface area contributed by atoms with Crippen LogP contribution in [0.4, 0.5) is 5.69 Å². The van der Waals surface area contributed by atoms with Crippen molar-refractivity contribution < 1.29 is 13.2 Å². The second-order valence-corrected chi connectivity index (χ2v) is 7.13. The lowest BCUT2D eigenvalue weighted by molar-refractivity contribution is -0.116. The topological polar surface area (TPSA) is 110 Å². The number of nitrogens with one attached hydrogen (secondary N) is 1. The lowest BCUT2D eigenvalue weighted by atomic mass is 10.3. The number of hydrogen-bond donors (Lipinski definition) is 1. The number of amides is 1. The quantitative estimate of drug-likeness (QED) is 0.829. The Kier molecular flexibility index (Phi) is 4.35. The number of aromatic nitrogens is 4. The Bertz CT molecular complexity index is 767. The first-order valence-electron chi connectivity index (χ1n) is 7.16. The Labute approximate surface area is 133 Å². The van der Waals surface area contributed by atoms with Crippen LogP contribution >= 0.6 is 0 Å². The molecule has 0 spiro atoms. The number of carbonyl (C=O) groups excluding carboxylic acids is 1. The van der Waals surface area contributed by atoms with Crippen molar-refractivity contribution in [3.8, 4) is 0 Å². The summed E-state index contributed by atoms with van der Waals surface area (Å²) in [7, 11) is -3.43. The molecule has 0 unspecified atom stereocenters. The van der Waals surface area contributed by atoms with Crippen LogP contribution in [0.5, 0.6) is 0 Å². The first kappa shape index (κ1) is 15.6. The molecule has 122 valence electrons. The van der Waals surface area contributed by atoms with E-state index < -0.39 is 10.0 Å². The summed E-state index contributed by atoms with van der Waals surface area (Å²) in [6.07, 6.45) is 3.13. The highest BCUT2D eigenvalue weighted by molar-refractivity contribution is 7.89. The van der Waals surface area contributed by atoms with E-state index in [0.29, 0.717) is 18.8 Å². The normalized spacial score (nSPS) is 15.7. The number of benzene rings is 1. The number of rotatable bonds is 5. The van der Waals surface area contributed by atoms with E-state index >= 15 is 0 Å². The van der Waals surface area contributed by atoms with Crippen molar-refractivity contribution in [3.63, 3.8) is 0 Å². The zero-order chi connectivity index (χ0) is 16.3. The number of hydrogen-bond acceptors (Lipinski definition) is 6. The predicted molar refractivity (Wildman–Crippen MR) is 80.9 cm³/mol. The molecule has 0 radical (unpaired) electrons. The average Bonchev–Trinajstić information content (AvgIpc) is 3.21. The molecule has 9 nitrogen and oxygen atoms in total. The summed E-state index contributed by atoms with van der Waals surface area (Å²) in [5.41, 5.74) is 0.517. The average molecular weight is 336 g/mol. The third kappa shape index (κ3) is 3.54. The second-order valence-electron chi connectivity index (χ2n) is 5.19. The Morgan fingerprint density at radius 1 is 1.17 bits per heavy atom. The summed E-state index contributed by atoms with van der Waals surface area (Å²) in [5, 5.41) is 13.1. The van der Waals surface area contributed by atoms with Gasteiger partial charge in [-0.15, -0.1) is 5.10 Å². The van der Waals surface area contributed by atoms with Crippen LogP contribution in [0.25, 0.3) is 0 Å². The summed E-state index contributed by atoms with van der Waals surface area (Å²) in [6, 6.07) is 6.14. The zero-order valence-corrected chi connectivity index (χ0v) is 13.1. The second kappa shape index (κ2) is 6.42. The molecule has 1 amide bonds. The van der Waals surface area contributed by atoms with E-state index in [9.17, 15) is 13.2 Å². The lowest BCUT2D eigenvalue weighted by Gasteiger charge is -2.15. The van der Waals surface area contributed by atoms with E-state index in [1.54, 1.807) is 12.1 Å². The molecule has 0 bridgehead atoms. The van der Waals surface area contributed by atoms with Crippen LogP contribution in [0.15, 0.2) is 35.5 Å². The number of nitrogens with zero attached hydrogens (tertiary/aromatic N) is 5. The molecule has 3 rings (SSSR count). The third-order valence-electron chi connectivity index (χ3n) is 3.54. The van der Waals surface area contributed by atoms with Crippen LogP contribution in [0.1, 0.15) is 12.8 Å². The number of sulfonamides is 1. The summed E-state index contributed by atoms with van der Waals surface area (Å²) in [6.45, 7) is 1.11. The van der Waals surface area contributed by atoms with Gasteiger partial charge >= 0.3 is 0 Å². The molecular formula is C13H16N6O3S. The van der Waals surface area contributed by atoms with E-state index in [1.165, 1.54) is 27.4 Å². The monoisotopic (exact) mass is 336 g/mol. The molecule has 0 atom stereocenters. The van der Waals surface area contributed by atoms with Gasteiger partial charge in [0.2, 0.25) is 15.9 Å². The van der Waals surface area contributed by atoms with Gasteiger partial charge in [-0.3, -0.25) is 4.79 Å². The maximum Gasteiger partial charge on any atom is 0.246 e. The first-order valence-corrected chi connectivity index (χ1v) is 8.60. The molecule has 2 aromatic rings. The molecule has 1 aromatic heterocycles. The van der Waals surface area contributed by atoms with Crippen molar-refractivity contribution in [2.45, 2.75) is 24.3 Å². The van der Waals surface area contributed by atoms with Crippen LogP contribution < -0.4 is 5.32 Å². The number of tetrazole rings is 1. The van der Waals surface area contributed by atoms with Crippen molar-refractivity contribution in [1.82, 2.24) is 24.5 Å². The van der Waals surface area contributed by atoms with E-state index in [-0.39, 0.29) is 17.3 Å². The van der Waals surface area contributed by atoms with Gasteiger partial charge in [0.15, 0.2) is 0 Å². The van der Waals surface area contributed by atoms with Gasteiger partial charge in [-0.2, -0.15) is 4.31 Å². The highest BCUT2D eigenvalue weighted by Crippen LogP contribution is 2.22. The van der Waals surface area contributed by atoms with Crippen LogP contribution in [-0.2, 0) is 21.4 Å². The highest BCUT2D eigenvalue weighted by Gasteiger charge is 2.26. The van der Waals surface area contributed by atoms with Gasteiger partial charge in [0, 0.05) is 18.8 Å². The fourth-order valence-corrected chi connectivity index (χ4v) is 3.91. The maximum atomic E-state index is 12.4.